The van der Waals surface area contributed by atoms with Crippen molar-refractivity contribution in [3.63, 3.8) is 0 Å². The summed E-state index contributed by atoms with van der Waals surface area (Å²) in [5.41, 5.74) is 0.0748. The molecule has 0 radical (unpaired) electrons. The maximum absolute atomic E-state index is 9.08. The van der Waals surface area contributed by atoms with Gasteiger partial charge in [-0.1, -0.05) is 29.4 Å². The van der Waals surface area contributed by atoms with Crippen LogP contribution in [-0.4, -0.2) is 5.71 Å². The molecule has 0 amide bonds. The van der Waals surface area contributed by atoms with E-state index in [1.165, 1.54) is 0 Å². The van der Waals surface area contributed by atoms with Crippen molar-refractivity contribution in [1.82, 2.24) is 0 Å². The number of aliphatic imine (C=N–C) groups is 1. The summed E-state index contributed by atoms with van der Waals surface area (Å²) in [6.07, 6.45) is 2.29. The summed E-state index contributed by atoms with van der Waals surface area (Å²) >= 11 is 6.38. The van der Waals surface area contributed by atoms with Gasteiger partial charge in [0.05, 0.1) is 17.2 Å². The van der Waals surface area contributed by atoms with Gasteiger partial charge in [0.15, 0.2) is 0 Å². The van der Waals surface area contributed by atoms with E-state index >= 15 is 0 Å². The fourth-order valence-electron chi connectivity index (χ4n) is 0.914. The first-order chi connectivity index (χ1) is 6.51. The molecule has 14 heavy (non-hydrogen) atoms. The molecule has 0 bridgehead atoms. The number of nitriles is 1. The topological polar surface area (TPSA) is 36.1 Å². The lowest BCUT2D eigenvalue weighted by Gasteiger charge is -2.20. The standard InChI is InChI=1S/C10H12Br2N2/c1-4-10(3,7-13)9(8(2)12)14-6-5-11/h5-6H,2,4H2,1,3H3/b6-5+,14-9?. The molecule has 0 aliphatic carbocycles. The van der Waals surface area contributed by atoms with E-state index in [0.29, 0.717) is 16.6 Å². The fraction of sp³-hybridized carbons (Fsp3) is 0.400. The Hall–Kier alpha value is -0.400. The number of rotatable bonds is 4. The molecule has 0 spiro atoms. The Kier molecular flexibility index (Phi) is 5.98. The van der Waals surface area contributed by atoms with Crippen molar-refractivity contribution < 1.29 is 0 Å². The van der Waals surface area contributed by atoms with E-state index < -0.39 is 5.41 Å². The maximum Gasteiger partial charge on any atom is 0.0973 e. The first-order valence-electron chi connectivity index (χ1n) is 4.11. The second-order valence-electron chi connectivity index (χ2n) is 2.96. The van der Waals surface area contributed by atoms with Gasteiger partial charge in [0.1, 0.15) is 0 Å². The fourth-order valence-corrected chi connectivity index (χ4v) is 1.57. The average Bonchev–Trinajstić information content (AvgIpc) is 2.17. The van der Waals surface area contributed by atoms with Gasteiger partial charge in [-0.15, -0.1) is 0 Å². The lowest BCUT2D eigenvalue weighted by atomic mass is 9.84. The van der Waals surface area contributed by atoms with Gasteiger partial charge in [-0.25, -0.2) is 0 Å². The summed E-state index contributed by atoms with van der Waals surface area (Å²) in [5, 5.41) is 9.08. The predicted octanol–water partition coefficient (Wildman–Crippen LogP) is 4.14. The SMILES string of the molecule is C=C(Br)C(=N/C=C/Br)C(C)(C#N)CC. The van der Waals surface area contributed by atoms with Gasteiger partial charge in [-0.3, -0.25) is 4.99 Å². The normalized spacial score (nSPS) is 16.4. The lowest BCUT2D eigenvalue weighted by Crippen LogP contribution is -2.25. The molecule has 0 N–H and O–H groups in total. The minimum Gasteiger partial charge on any atom is -0.258 e. The molecule has 0 heterocycles. The van der Waals surface area contributed by atoms with E-state index in [-0.39, 0.29) is 0 Å². The van der Waals surface area contributed by atoms with Crippen molar-refractivity contribution in [1.29, 1.82) is 5.26 Å². The van der Waals surface area contributed by atoms with Crippen LogP contribution in [0, 0.1) is 16.7 Å². The summed E-state index contributed by atoms with van der Waals surface area (Å²) in [7, 11) is 0. The first-order valence-corrected chi connectivity index (χ1v) is 5.82. The first kappa shape index (κ1) is 13.6. The molecule has 0 saturated carbocycles. The molecule has 0 rings (SSSR count). The summed E-state index contributed by atoms with van der Waals surface area (Å²) in [4.78, 5) is 5.81. The van der Waals surface area contributed by atoms with Crippen molar-refractivity contribution in [2.24, 2.45) is 10.4 Å². The second kappa shape index (κ2) is 6.15. The molecule has 1 unspecified atom stereocenters. The van der Waals surface area contributed by atoms with Crippen molar-refractivity contribution >= 4 is 37.6 Å². The van der Waals surface area contributed by atoms with Gasteiger partial charge in [0.2, 0.25) is 0 Å². The predicted molar refractivity (Wildman–Crippen MR) is 67.6 cm³/mol. The molecular formula is C10H12Br2N2. The van der Waals surface area contributed by atoms with Crippen LogP contribution in [0.3, 0.4) is 0 Å². The second-order valence-corrected chi connectivity index (χ2v) is 4.44. The largest absolute Gasteiger partial charge is 0.258 e. The van der Waals surface area contributed by atoms with Gasteiger partial charge < -0.3 is 0 Å². The third kappa shape index (κ3) is 3.39. The van der Waals surface area contributed by atoms with Crippen LogP contribution < -0.4 is 0 Å². The molecule has 0 saturated heterocycles. The third-order valence-electron chi connectivity index (χ3n) is 1.99. The van der Waals surface area contributed by atoms with Crippen LogP contribution in [0.2, 0.25) is 0 Å². The van der Waals surface area contributed by atoms with Crippen LogP contribution >= 0.6 is 31.9 Å². The quantitative estimate of drug-likeness (QED) is 0.717. The van der Waals surface area contributed by atoms with Crippen LogP contribution in [0.15, 0.2) is 27.2 Å². The average molecular weight is 320 g/mol. The van der Waals surface area contributed by atoms with Gasteiger partial charge in [-0.05, 0) is 34.3 Å². The molecule has 0 aromatic carbocycles. The minimum atomic E-state index is -0.590. The van der Waals surface area contributed by atoms with Gasteiger partial charge >= 0.3 is 0 Å². The highest BCUT2D eigenvalue weighted by molar-refractivity contribution is 9.12. The molecule has 0 aromatic heterocycles. The van der Waals surface area contributed by atoms with Crippen LogP contribution in [0.25, 0.3) is 0 Å². The third-order valence-corrected chi connectivity index (χ3v) is 2.61. The number of allylic oxidation sites excluding steroid dienone is 1. The Balaban J connectivity index is 5.22. The molecule has 4 heteroatoms. The number of halogens is 2. The Morgan fingerprint density at radius 3 is 2.57 bits per heavy atom. The van der Waals surface area contributed by atoms with Crippen molar-refractivity contribution in [3.8, 4) is 6.07 Å². The van der Waals surface area contributed by atoms with Crippen molar-refractivity contribution in [3.05, 3.63) is 22.2 Å². The van der Waals surface area contributed by atoms with E-state index in [2.05, 4.69) is 49.5 Å². The monoisotopic (exact) mass is 318 g/mol. The summed E-state index contributed by atoms with van der Waals surface area (Å²) in [5.74, 6) is 0. The zero-order chi connectivity index (χ0) is 11.2. The van der Waals surface area contributed by atoms with E-state index in [4.69, 9.17) is 5.26 Å². The van der Waals surface area contributed by atoms with E-state index in [1.807, 2.05) is 13.8 Å². The highest BCUT2D eigenvalue weighted by atomic mass is 79.9. The van der Waals surface area contributed by atoms with Gasteiger partial charge in [0.25, 0.3) is 0 Å². The molecule has 0 aromatic rings. The van der Waals surface area contributed by atoms with Crippen molar-refractivity contribution in [2.75, 3.05) is 0 Å². The highest BCUT2D eigenvalue weighted by Gasteiger charge is 2.29. The summed E-state index contributed by atoms with van der Waals surface area (Å²) < 4.78 is 0.647. The lowest BCUT2D eigenvalue weighted by molar-refractivity contribution is 0.590. The molecule has 0 fully saturated rings. The number of hydrogen-bond donors (Lipinski definition) is 0. The molecular weight excluding hydrogens is 308 g/mol. The Bertz CT molecular complexity index is 313. The van der Waals surface area contributed by atoms with E-state index in [0.717, 1.165) is 0 Å². The summed E-state index contributed by atoms with van der Waals surface area (Å²) in [6, 6.07) is 2.25. The zero-order valence-corrected chi connectivity index (χ0v) is 11.4. The smallest absolute Gasteiger partial charge is 0.0973 e. The van der Waals surface area contributed by atoms with Crippen LogP contribution in [0.1, 0.15) is 20.3 Å². The number of nitrogens with zero attached hydrogens (tertiary/aromatic N) is 2. The molecule has 2 nitrogen and oxygen atoms in total. The minimum absolute atomic E-state index is 0.590. The Morgan fingerprint density at radius 2 is 2.29 bits per heavy atom. The summed E-state index contributed by atoms with van der Waals surface area (Å²) in [6.45, 7) is 7.55. The zero-order valence-electron chi connectivity index (χ0n) is 8.22. The highest BCUT2D eigenvalue weighted by Crippen LogP contribution is 2.28. The molecule has 0 aliphatic heterocycles. The maximum atomic E-state index is 9.08. The Labute approximate surface area is 102 Å². The molecule has 0 aliphatic rings. The van der Waals surface area contributed by atoms with Crippen LogP contribution in [0.4, 0.5) is 0 Å². The molecule has 76 valence electrons. The van der Waals surface area contributed by atoms with E-state index in [9.17, 15) is 0 Å². The van der Waals surface area contributed by atoms with Crippen molar-refractivity contribution in [2.45, 2.75) is 20.3 Å². The van der Waals surface area contributed by atoms with E-state index in [1.54, 1.807) is 11.2 Å². The Morgan fingerprint density at radius 1 is 1.71 bits per heavy atom. The number of hydrogen-bond acceptors (Lipinski definition) is 2. The van der Waals surface area contributed by atoms with Crippen LogP contribution in [-0.2, 0) is 0 Å². The van der Waals surface area contributed by atoms with Gasteiger partial charge in [0, 0.05) is 10.7 Å². The van der Waals surface area contributed by atoms with Gasteiger partial charge in [-0.2, -0.15) is 5.26 Å². The van der Waals surface area contributed by atoms with Crippen LogP contribution in [0.5, 0.6) is 0 Å². The molecule has 1 atom stereocenters.